The Labute approximate surface area is 138 Å². The maximum absolute atomic E-state index is 13.3. The molecule has 6 nitrogen and oxygen atoms in total. The first-order valence-electron chi connectivity index (χ1n) is 7.02. The Balaban J connectivity index is 1.84. The number of rotatable bonds is 5. The zero-order valence-electron chi connectivity index (χ0n) is 12.8. The molecule has 0 aliphatic carbocycles. The Bertz CT molecular complexity index is 692. The Hall–Kier alpha value is -2.12. The predicted octanol–water partition coefficient (Wildman–Crippen LogP) is 2.31. The van der Waals surface area contributed by atoms with E-state index in [1.54, 1.807) is 24.1 Å². The van der Waals surface area contributed by atoms with Gasteiger partial charge in [-0.2, -0.15) is 5.10 Å². The zero-order valence-corrected chi connectivity index (χ0v) is 13.5. The summed E-state index contributed by atoms with van der Waals surface area (Å²) in [6.45, 7) is 1.77. The number of aliphatic hydroxyl groups is 1. The molecule has 1 aromatic heterocycles. The minimum Gasteiger partial charge on any atom is -0.387 e. The van der Waals surface area contributed by atoms with Crippen LogP contribution in [0.1, 0.15) is 30.2 Å². The van der Waals surface area contributed by atoms with Gasteiger partial charge in [0.2, 0.25) is 0 Å². The number of nitrogens with zero attached hydrogens (tertiary/aromatic N) is 2. The fraction of sp³-hybridized carbons (Fsp3) is 0.333. The molecule has 1 heterocycles. The lowest BCUT2D eigenvalue weighted by molar-refractivity contribution is 0.172. The molecule has 2 rings (SSSR count). The van der Waals surface area contributed by atoms with Gasteiger partial charge in [0.15, 0.2) is 0 Å². The van der Waals surface area contributed by atoms with Gasteiger partial charge in [0, 0.05) is 25.4 Å². The number of carbonyl (C=O) groups is 1. The molecule has 0 radical (unpaired) electrons. The lowest BCUT2D eigenvalue weighted by Gasteiger charge is -2.16. The van der Waals surface area contributed by atoms with E-state index in [9.17, 15) is 14.3 Å². The molecule has 3 N–H and O–H groups in total. The lowest BCUT2D eigenvalue weighted by atomic mass is 10.1. The molecule has 8 heteroatoms. The summed E-state index contributed by atoms with van der Waals surface area (Å²) in [5, 5.41) is 19.3. The smallest absolute Gasteiger partial charge is 0.315 e. The summed E-state index contributed by atoms with van der Waals surface area (Å²) in [5.74, 6) is -0.613. The van der Waals surface area contributed by atoms with Gasteiger partial charge in [-0.1, -0.05) is 17.7 Å². The minimum atomic E-state index is -1.03. The molecule has 2 amide bonds. The fourth-order valence-electron chi connectivity index (χ4n) is 2.02. The average molecular weight is 341 g/mol. The summed E-state index contributed by atoms with van der Waals surface area (Å²) in [5.41, 5.74) is 1.20. The van der Waals surface area contributed by atoms with Gasteiger partial charge in [-0.3, -0.25) is 4.68 Å². The third-order valence-corrected chi connectivity index (χ3v) is 3.66. The van der Waals surface area contributed by atoms with Crippen LogP contribution in [0.2, 0.25) is 5.02 Å². The number of hydrogen-bond donors (Lipinski definition) is 3. The Morgan fingerprint density at radius 2 is 2.22 bits per heavy atom. The van der Waals surface area contributed by atoms with Crippen molar-refractivity contribution in [3.63, 3.8) is 0 Å². The number of amides is 2. The van der Waals surface area contributed by atoms with Crippen LogP contribution in [-0.4, -0.2) is 27.5 Å². The fourth-order valence-corrected chi connectivity index (χ4v) is 2.14. The normalized spacial score (nSPS) is 13.4. The van der Waals surface area contributed by atoms with Crippen molar-refractivity contribution in [2.45, 2.75) is 19.1 Å². The zero-order chi connectivity index (χ0) is 17.0. The number of nitrogens with one attached hydrogen (secondary N) is 2. The van der Waals surface area contributed by atoms with E-state index >= 15 is 0 Å². The van der Waals surface area contributed by atoms with Crippen LogP contribution in [0, 0.1) is 5.82 Å². The quantitative estimate of drug-likeness (QED) is 0.781. The van der Waals surface area contributed by atoms with E-state index in [4.69, 9.17) is 11.6 Å². The number of urea groups is 1. The van der Waals surface area contributed by atoms with Gasteiger partial charge >= 0.3 is 6.03 Å². The van der Waals surface area contributed by atoms with E-state index in [0.717, 1.165) is 11.6 Å². The van der Waals surface area contributed by atoms with Crippen LogP contribution < -0.4 is 10.6 Å². The van der Waals surface area contributed by atoms with E-state index in [0.29, 0.717) is 5.56 Å². The lowest BCUT2D eigenvalue weighted by Crippen LogP contribution is -2.39. The third-order valence-electron chi connectivity index (χ3n) is 3.36. The second-order valence-corrected chi connectivity index (χ2v) is 5.62. The molecule has 0 saturated heterocycles. The van der Waals surface area contributed by atoms with Crippen LogP contribution in [0.25, 0.3) is 0 Å². The molecule has 124 valence electrons. The number of halogens is 2. The minimum absolute atomic E-state index is 0.0167. The first-order chi connectivity index (χ1) is 10.9. The van der Waals surface area contributed by atoms with Crippen molar-refractivity contribution in [3.05, 3.63) is 52.6 Å². The second kappa shape index (κ2) is 7.43. The first-order valence-corrected chi connectivity index (χ1v) is 7.40. The maximum Gasteiger partial charge on any atom is 0.315 e. The number of aryl methyl sites for hydroxylation is 1. The van der Waals surface area contributed by atoms with Gasteiger partial charge in [0.1, 0.15) is 5.82 Å². The van der Waals surface area contributed by atoms with Crippen LogP contribution in [0.15, 0.2) is 30.6 Å². The van der Waals surface area contributed by atoms with Gasteiger partial charge in [0.25, 0.3) is 0 Å². The highest BCUT2D eigenvalue weighted by molar-refractivity contribution is 6.30. The molecule has 2 unspecified atom stereocenters. The summed E-state index contributed by atoms with van der Waals surface area (Å²) in [4.78, 5) is 11.8. The maximum atomic E-state index is 13.3. The van der Waals surface area contributed by atoms with Crippen molar-refractivity contribution in [2.24, 2.45) is 7.05 Å². The van der Waals surface area contributed by atoms with Crippen molar-refractivity contribution in [1.29, 1.82) is 0 Å². The third kappa shape index (κ3) is 4.67. The van der Waals surface area contributed by atoms with Crippen molar-refractivity contribution in [1.82, 2.24) is 20.4 Å². The largest absolute Gasteiger partial charge is 0.387 e. The summed E-state index contributed by atoms with van der Waals surface area (Å²) < 4.78 is 15.0. The Kier molecular flexibility index (Phi) is 5.57. The predicted molar refractivity (Wildman–Crippen MR) is 84.5 cm³/mol. The highest BCUT2D eigenvalue weighted by atomic mass is 35.5. The number of aromatic nitrogens is 2. The van der Waals surface area contributed by atoms with Gasteiger partial charge in [-0.15, -0.1) is 0 Å². The van der Waals surface area contributed by atoms with E-state index in [1.165, 1.54) is 12.1 Å². The molecule has 0 aliphatic rings. The van der Waals surface area contributed by atoms with Crippen LogP contribution in [0.4, 0.5) is 9.18 Å². The first kappa shape index (κ1) is 17.2. The van der Waals surface area contributed by atoms with Gasteiger partial charge in [0.05, 0.1) is 23.4 Å². The molecule has 0 fully saturated rings. The molecular formula is C15H18ClFN4O2. The van der Waals surface area contributed by atoms with Crippen molar-refractivity contribution >= 4 is 17.6 Å². The van der Waals surface area contributed by atoms with Gasteiger partial charge < -0.3 is 15.7 Å². The second-order valence-electron chi connectivity index (χ2n) is 5.21. The van der Waals surface area contributed by atoms with Crippen LogP contribution in [0.5, 0.6) is 0 Å². The molecule has 0 aliphatic heterocycles. The number of carbonyl (C=O) groups excluding carboxylic acids is 1. The Morgan fingerprint density at radius 3 is 2.83 bits per heavy atom. The molecule has 0 spiro atoms. The summed E-state index contributed by atoms with van der Waals surface area (Å²) in [7, 11) is 1.79. The van der Waals surface area contributed by atoms with Crippen LogP contribution >= 0.6 is 11.6 Å². The number of benzene rings is 1. The molecule has 0 bridgehead atoms. The Morgan fingerprint density at radius 1 is 1.48 bits per heavy atom. The molecular weight excluding hydrogens is 323 g/mol. The molecule has 0 saturated carbocycles. The van der Waals surface area contributed by atoms with Gasteiger partial charge in [-0.25, -0.2) is 9.18 Å². The van der Waals surface area contributed by atoms with E-state index in [1.807, 2.05) is 6.92 Å². The molecule has 2 atom stereocenters. The van der Waals surface area contributed by atoms with Crippen molar-refractivity contribution < 1.29 is 14.3 Å². The summed E-state index contributed by atoms with van der Waals surface area (Å²) in [6.07, 6.45) is 2.44. The van der Waals surface area contributed by atoms with Crippen LogP contribution in [0.3, 0.4) is 0 Å². The van der Waals surface area contributed by atoms with E-state index in [2.05, 4.69) is 15.7 Å². The number of hydrogen-bond acceptors (Lipinski definition) is 3. The molecule has 23 heavy (non-hydrogen) atoms. The standard InChI is InChI=1S/C15H18ClFN4O2/c1-9(11-6-19-21(2)8-11)20-15(23)18-7-14(22)10-3-4-12(16)13(17)5-10/h3-6,8-9,14,22H,7H2,1-2H3,(H2,18,20,23). The van der Waals surface area contributed by atoms with Crippen molar-refractivity contribution in [3.8, 4) is 0 Å². The average Bonchev–Trinajstić information content (AvgIpc) is 2.94. The molecule has 2 aromatic rings. The highest BCUT2D eigenvalue weighted by Crippen LogP contribution is 2.19. The van der Waals surface area contributed by atoms with Crippen LogP contribution in [-0.2, 0) is 7.05 Å². The summed E-state index contributed by atoms with van der Waals surface area (Å²) >= 11 is 5.59. The van der Waals surface area contributed by atoms with Gasteiger partial charge in [-0.05, 0) is 24.6 Å². The highest BCUT2D eigenvalue weighted by Gasteiger charge is 2.14. The molecule has 1 aromatic carbocycles. The van der Waals surface area contributed by atoms with Crippen molar-refractivity contribution in [2.75, 3.05) is 6.54 Å². The monoisotopic (exact) mass is 340 g/mol. The van der Waals surface area contributed by atoms with E-state index < -0.39 is 18.0 Å². The summed E-state index contributed by atoms with van der Waals surface area (Å²) in [6, 6.07) is 3.35. The van der Waals surface area contributed by atoms with E-state index in [-0.39, 0.29) is 17.6 Å². The SMILES string of the molecule is CC(NC(=O)NCC(O)c1ccc(Cl)c(F)c1)c1cnn(C)c1. The number of aliphatic hydroxyl groups excluding tert-OH is 1. The topological polar surface area (TPSA) is 79.2 Å².